The fraction of sp³-hybridized carbons (Fsp3) is 0.333. The van der Waals surface area contributed by atoms with E-state index >= 15 is 0 Å². The highest BCUT2D eigenvalue weighted by atomic mass is 32.1. The Labute approximate surface area is 121 Å². The van der Waals surface area contributed by atoms with Crippen LogP contribution in [0.5, 0.6) is 11.5 Å². The highest BCUT2D eigenvalue weighted by Crippen LogP contribution is 2.38. The van der Waals surface area contributed by atoms with Crippen molar-refractivity contribution in [2.45, 2.75) is 12.5 Å². The van der Waals surface area contributed by atoms with Gasteiger partial charge in [-0.2, -0.15) is 0 Å². The second kappa shape index (κ2) is 5.42. The van der Waals surface area contributed by atoms with Gasteiger partial charge in [0.1, 0.15) is 5.82 Å². The smallest absolute Gasteiger partial charge is 0.163 e. The normalized spacial score (nSPS) is 17.6. The van der Waals surface area contributed by atoms with Crippen LogP contribution in [0.25, 0.3) is 0 Å². The Kier molecular flexibility index (Phi) is 3.63. The maximum atomic E-state index is 14.4. The first-order chi connectivity index (χ1) is 9.74. The number of hydrogen-bond acceptors (Lipinski definition) is 4. The van der Waals surface area contributed by atoms with Gasteiger partial charge in [0.05, 0.1) is 20.3 Å². The number of thiophene rings is 1. The third-order valence-electron chi connectivity index (χ3n) is 3.60. The molecule has 0 aliphatic carbocycles. The van der Waals surface area contributed by atoms with Gasteiger partial charge in [-0.15, -0.1) is 11.3 Å². The third kappa shape index (κ3) is 2.17. The first-order valence-electron chi connectivity index (χ1n) is 6.45. The molecule has 1 atom stereocenters. The van der Waals surface area contributed by atoms with Crippen LogP contribution in [0.3, 0.4) is 0 Å². The first-order valence-corrected chi connectivity index (χ1v) is 7.33. The predicted octanol–water partition coefficient (Wildman–Crippen LogP) is 3.14. The number of benzene rings is 1. The van der Waals surface area contributed by atoms with Crippen LogP contribution in [0, 0.1) is 5.82 Å². The SMILES string of the molecule is COc1cc(F)c(C2NCCc3ccsc32)cc1OC. The van der Waals surface area contributed by atoms with Crippen LogP contribution in [-0.2, 0) is 6.42 Å². The Morgan fingerprint density at radius 2 is 2.00 bits per heavy atom. The number of rotatable bonds is 3. The molecule has 5 heteroatoms. The number of ether oxygens (including phenoxy) is 2. The highest BCUT2D eigenvalue weighted by Gasteiger charge is 2.26. The number of hydrogen-bond donors (Lipinski definition) is 1. The summed E-state index contributed by atoms with van der Waals surface area (Å²) in [6, 6.07) is 5.11. The molecule has 0 radical (unpaired) electrons. The molecule has 1 unspecified atom stereocenters. The Balaban J connectivity index is 2.08. The molecule has 106 valence electrons. The van der Waals surface area contributed by atoms with Crippen LogP contribution in [0.2, 0.25) is 0 Å². The lowest BCUT2D eigenvalue weighted by molar-refractivity contribution is 0.350. The summed E-state index contributed by atoms with van der Waals surface area (Å²) in [5.74, 6) is 0.687. The van der Waals surface area contributed by atoms with Crippen molar-refractivity contribution in [3.8, 4) is 11.5 Å². The van der Waals surface area contributed by atoms with Gasteiger partial charge in [-0.25, -0.2) is 4.39 Å². The molecule has 1 aliphatic heterocycles. The van der Waals surface area contributed by atoms with Gasteiger partial charge >= 0.3 is 0 Å². The average Bonchev–Trinajstić information content (AvgIpc) is 2.95. The van der Waals surface area contributed by atoms with E-state index in [4.69, 9.17) is 9.47 Å². The predicted molar refractivity (Wildman–Crippen MR) is 77.4 cm³/mol. The maximum absolute atomic E-state index is 14.4. The summed E-state index contributed by atoms with van der Waals surface area (Å²) < 4.78 is 24.8. The lowest BCUT2D eigenvalue weighted by atomic mass is 9.97. The zero-order chi connectivity index (χ0) is 14.1. The van der Waals surface area contributed by atoms with Crippen molar-refractivity contribution in [1.29, 1.82) is 0 Å². The van der Waals surface area contributed by atoms with Gasteiger partial charge in [0.15, 0.2) is 11.5 Å². The summed E-state index contributed by atoms with van der Waals surface area (Å²) in [6.07, 6.45) is 0.990. The molecular weight excluding hydrogens is 277 g/mol. The lowest BCUT2D eigenvalue weighted by Crippen LogP contribution is -2.29. The van der Waals surface area contributed by atoms with Crippen LogP contribution in [0.4, 0.5) is 4.39 Å². The molecule has 0 saturated carbocycles. The summed E-state index contributed by atoms with van der Waals surface area (Å²) in [5, 5.41) is 5.44. The van der Waals surface area contributed by atoms with Crippen LogP contribution in [0.15, 0.2) is 23.6 Å². The van der Waals surface area contributed by atoms with Crippen molar-refractivity contribution in [3.05, 3.63) is 45.4 Å². The minimum Gasteiger partial charge on any atom is -0.493 e. The molecule has 2 aromatic rings. The van der Waals surface area contributed by atoms with Gasteiger partial charge in [0.25, 0.3) is 0 Å². The van der Waals surface area contributed by atoms with Crippen LogP contribution < -0.4 is 14.8 Å². The molecule has 3 rings (SSSR count). The van der Waals surface area contributed by atoms with Crippen molar-refractivity contribution in [1.82, 2.24) is 5.32 Å². The molecule has 2 heterocycles. The van der Waals surface area contributed by atoms with Gasteiger partial charge < -0.3 is 14.8 Å². The zero-order valence-corrected chi connectivity index (χ0v) is 12.2. The molecule has 1 aromatic carbocycles. The summed E-state index contributed by atoms with van der Waals surface area (Å²) in [6.45, 7) is 0.849. The Morgan fingerprint density at radius 3 is 2.75 bits per heavy atom. The third-order valence-corrected chi connectivity index (χ3v) is 4.62. The molecular formula is C15H16FNO2S. The molecule has 1 N–H and O–H groups in total. The number of nitrogens with one attached hydrogen (secondary N) is 1. The van der Waals surface area contributed by atoms with Crippen molar-refractivity contribution >= 4 is 11.3 Å². The number of halogens is 1. The van der Waals surface area contributed by atoms with E-state index in [-0.39, 0.29) is 11.9 Å². The number of fused-ring (bicyclic) bond motifs is 1. The minimum atomic E-state index is -0.276. The fourth-order valence-electron chi connectivity index (χ4n) is 2.59. The highest BCUT2D eigenvalue weighted by molar-refractivity contribution is 7.10. The Morgan fingerprint density at radius 1 is 1.25 bits per heavy atom. The van der Waals surface area contributed by atoms with Crippen LogP contribution in [0.1, 0.15) is 22.0 Å². The monoisotopic (exact) mass is 293 g/mol. The quantitative estimate of drug-likeness (QED) is 0.943. The summed E-state index contributed by atoms with van der Waals surface area (Å²) >= 11 is 1.66. The van der Waals surface area contributed by atoms with E-state index in [1.807, 2.05) is 0 Å². The first kappa shape index (κ1) is 13.4. The molecule has 1 aromatic heterocycles. The van der Waals surface area contributed by atoms with E-state index in [1.54, 1.807) is 24.5 Å². The van der Waals surface area contributed by atoms with Gasteiger partial charge in [0.2, 0.25) is 0 Å². The van der Waals surface area contributed by atoms with Crippen LogP contribution >= 0.6 is 11.3 Å². The maximum Gasteiger partial charge on any atom is 0.163 e. The summed E-state index contributed by atoms with van der Waals surface area (Å²) in [5.41, 5.74) is 1.90. The molecule has 20 heavy (non-hydrogen) atoms. The molecule has 0 bridgehead atoms. The van der Waals surface area contributed by atoms with Crippen molar-refractivity contribution in [3.63, 3.8) is 0 Å². The van der Waals surface area contributed by atoms with Crippen molar-refractivity contribution in [2.24, 2.45) is 0 Å². The average molecular weight is 293 g/mol. The molecule has 0 spiro atoms. The zero-order valence-electron chi connectivity index (χ0n) is 11.4. The molecule has 0 saturated heterocycles. The van der Waals surface area contributed by atoms with E-state index < -0.39 is 0 Å². The molecule has 1 aliphatic rings. The fourth-order valence-corrected chi connectivity index (χ4v) is 3.64. The van der Waals surface area contributed by atoms with Gasteiger partial charge in [-0.05, 0) is 29.5 Å². The topological polar surface area (TPSA) is 30.5 Å². The van der Waals surface area contributed by atoms with Crippen molar-refractivity contribution < 1.29 is 13.9 Å². The standard InChI is InChI=1S/C15H16FNO2S/c1-18-12-7-10(11(16)8-13(12)19-2)14-15-9(3-5-17-14)4-6-20-15/h4,6-8,14,17H,3,5H2,1-2H3. The van der Waals surface area contributed by atoms with Crippen molar-refractivity contribution in [2.75, 3.05) is 20.8 Å². The minimum absolute atomic E-state index is 0.112. The molecule has 0 fully saturated rings. The van der Waals surface area contributed by atoms with E-state index in [9.17, 15) is 4.39 Å². The molecule has 3 nitrogen and oxygen atoms in total. The summed E-state index contributed by atoms with van der Waals surface area (Å²) in [4.78, 5) is 1.18. The van der Waals surface area contributed by atoms with Gasteiger partial charge in [-0.1, -0.05) is 0 Å². The number of methoxy groups -OCH3 is 2. The Hall–Kier alpha value is -1.59. The van der Waals surface area contributed by atoms with E-state index in [0.29, 0.717) is 17.1 Å². The van der Waals surface area contributed by atoms with Gasteiger partial charge in [-0.3, -0.25) is 0 Å². The van der Waals surface area contributed by atoms with E-state index in [1.165, 1.54) is 23.6 Å². The lowest BCUT2D eigenvalue weighted by Gasteiger charge is -2.25. The second-order valence-corrected chi connectivity index (χ2v) is 5.62. The summed E-state index contributed by atoms with van der Waals surface area (Å²) in [7, 11) is 3.07. The largest absolute Gasteiger partial charge is 0.493 e. The van der Waals surface area contributed by atoms with E-state index in [2.05, 4.69) is 16.8 Å². The second-order valence-electron chi connectivity index (χ2n) is 4.68. The van der Waals surface area contributed by atoms with Crippen LogP contribution in [-0.4, -0.2) is 20.8 Å². The Bertz CT molecular complexity index is 626. The molecule has 0 amide bonds. The van der Waals surface area contributed by atoms with Gasteiger partial charge in [0, 0.05) is 23.1 Å². The van der Waals surface area contributed by atoms with E-state index in [0.717, 1.165) is 13.0 Å².